The fourth-order valence-corrected chi connectivity index (χ4v) is 2.24. The van der Waals surface area contributed by atoms with E-state index in [1.807, 2.05) is 43.5 Å². The van der Waals surface area contributed by atoms with E-state index in [4.69, 9.17) is 9.47 Å². The van der Waals surface area contributed by atoms with E-state index in [1.165, 1.54) is 7.11 Å². The smallest absolute Gasteiger partial charge is 0.333 e. The average molecular weight is 273 g/mol. The van der Waals surface area contributed by atoms with Crippen molar-refractivity contribution in [3.8, 4) is 5.75 Å². The molecule has 0 unspecified atom stereocenters. The SMILES string of the molecule is CC/C(=C/Cn1ccc2c(OC)cccc21)C(=O)OC. The van der Waals surface area contributed by atoms with Crippen LogP contribution in [-0.2, 0) is 16.1 Å². The van der Waals surface area contributed by atoms with Gasteiger partial charge in [0.2, 0.25) is 0 Å². The lowest BCUT2D eigenvalue weighted by Crippen LogP contribution is -2.05. The predicted molar refractivity (Wildman–Crippen MR) is 78.9 cm³/mol. The molecule has 0 bridgehead atoms. The average Bonchev–Trinajstić information content (AvgIpc) is 2.90. The summed E-state index contributed by atoms with van der Waals surface area (Å²) in [6.07, 6.45) is 4.56. The van der Waals surface area contributed by atoms with Gasteiger partial charge in [-0.1, -0.05) is 19.1 Å². The van der Waals surface area contributed by atoms with Crippen molar-refractivity contribution in [2.24, 2.45) is 0 Å². The zero-order chi connectivity index (χ0) is 14.5. The van der Waals surface area contributed by atoms with Crippen LogP contribution in [0.5, 0.6) is 5.75 Å². The van der Waals surface area contributed by atoms with Gasteiger partial charge in [-0.05, 0) is 24.6 Å². The molecule has 20 heavy (non-hydrogen) atoms. The van der Waals surface area contributed by atoms with Crippen molar-refractivity contribution < 1.29 is 14.3 Å². The van der Waals surface area contributed by atoms with Crippen LogP contribution in [0, 0.1) is 0 Å². The van der Waals surface area contributed by atoms with Gasteiger partial charge in [-0.2, -0.15) is 0 Å². The third kappa shape index (κ3) is 2.69. The number of rotatable bonds is 5. The van der Waals surface area contributed by atoms with E-state index in [1.54, 1.807) is 7.11 Å². The Balaban J connectivity index is 2.31. The van der Waals surface area contributed by atoms with Crippen LogP contribution in [0.15, 0.2) is 42.1 Å². The number of esters is 1. The minimum atomic E-state index is -0.262. The lowest BCUT2D eigenvalue weighted by molar-refractivity contribution is -0.136. The van der Waals surface area contributed by atoms with Crippen molar-refractivity contribution in [3.05, 3.63) is 42.1 Å². The second kappa shape index (κ2) is 6.28. The van der Waals surface area contributed by atoms with E-state index in [2.05, 4.69) is 4.57 Å². The summed E-state index contributed by atoms with van der Waals surface area (Å²) >= 11 is 0. The van der Waals surface area contributed by atoms with Crippen molar-refractivity contribution >= 4 is 16.9 Å². The fourth-order valence-electron chi connectivity index (χ4n) is 2.24. The van der Waals surface area contributed by atoms with Crippen molar-refractivity contribution in [2.75, 3.05) is 14.2 Å². The van der Waals surface area contributed by atoms with Crippen molar-refractivity contribution in [1.29, 1.82) is 0 Å². The molecule has 0 spiro atoms. The molecule has 1 heterocycles. The molecule has 0 amide bonds. The highest BCUT2D eigenvalue weighted by Gasteiger charge is 2.08. The Kier molecular flexibility index (Phi) is 4.45. The molecule has 1 aromatic heterocycles. The lowest BCUT2D eigenvalue weighted by atomic mass is 10.2. The van der Waals surface area contributed by atoms with E-state index < -0.39 is 0 Å². The van der Waals surface area contributed by atoms with Gasteiger partial charge in [-0.25, -0.2) is 4.79 Å². The van der Waals surface area contributed by atoms with Gasteiger partial charge in [0, 0.05) is 23.7 Å². The van der Waals surface area contributed by atoms with Crippen LogP contribution in [0.3, 0.4) is 0 Å². The summed E-state index contributed by atoms with van der Waals surface area (Å²) in [4.78, 5) is 11.5. The molecular weight excluding hydrogens is 254 g/mol. The van der Waals surface area contributed by atoms with E-state index in [0.29, 0.717) is 18.5 Å². The van der Waals surface area contributed by atoms with Crippen LogP contribution in [-0.4, -0.2) is 24.8 Å². The molecule has 0 N–H and O–H groups in total. The number of benzene rings is 1. The van der Waals surface area contributed by atoms with Crippen molar-refractivity contribution in [3.63, 3.8) is 0 Å². The lowest BCUT2D eigenvalue weighted by Gasteiger charge is -2.06. The Bertz CT molecular complexity index is 640. The quantitative estimate of drug-likeness (QED) is 0.620. The number of nitrogens with zero attached hydrogens (tertiary/aromatic N) is 1. The molecule has 1 aromatic carbocycles. The Hall–Kier alpha value is -2.23. The number of fused-ring (bicyclic) bond motifs is 1. The monoisotopic (exact) mass is 273 g/mol. The first-order valence-electron chi connectivity index (χ1n) is 6.60. The Morgan fingerprint density at radius 2 is 2.10 bits per heavy atom. The molecule has 0 fully saturated rings. The van der Waals surface area contributed by atoms with Gasteiger partial charge in [0.15, 0.2) is 0 Å². The van der Waals surface area contributed by atoms with Gasteiger partial charge >= 0.3 is 5.97 Å². The molecule has 2 aromatic rings. The highest BCUT2D eigenvalue weighted by Crippen LogP contribution is 2.26. The summed E-state index contributed by atoms with van der Waals surface area (Å²) in [6.45, 7) is 2.58. The molecule has 0 atom stereocenters. The second-order valence-corrected chi connectivity index (χ2v) is 4.44. The summed E-state index contributed by atoms with van der Waals surface area (Å²) in [5.74, 6) is 0.593. The molecule has 4 nitrogen and oxygen atoms in total. The van der Waals surface area contributed by atoms with Gasteiger partial charge in [-0.3, -0.25) is 0 Å². The minimum Gasteiger partial charge on any atom is -0.496 e. The van der Waals surface area contributed by atoms with Gasteiger partial charge in [0.1, 0.15) is 5.75 Å². The van der Waals surface area contributed by atoms with Crippen LogP contribution in [0.2, 0.25) is 0 Å². The van der Waals surface area contributed by atoms with E-state index in [9.17, 15) is 4.79 Å². The topological polar surface area (TPSA) is 40.5 Å². The van der Waals surface area contributed by atoms with E-state index in [0.717, 1.165) is 16.7 Å². The number of ether oxygens (including phenoxy) is 2. The molecule has 0 saturated heterocycles. The van der Waals surface area contributed by atoms with Crippen LogP contribution in [0.4, 0.5) is 0 Å². The summed E-state index contributed by atoms with van der Waals surface area (Å²) in [5, 5.41) is 1.07. The first-order valence-corrected chi connectivity index (χ1v) is 6.60. The molecule has 0 radical (unpaired) electrons. The number of hydrogen-bond donors (Lipinski definition) is 0. The molecule has 0 aliphatic heterocycles. The van der Waals surface area contributed by atoms with Crippen LogP contribution >= 0.6 is 0 Å². The number of carbonyl (C=O) groups excluding carboxylic acids is 1. The number of aromatic nitrogens is 1. The fraction of sp³-hybridized carbons (Fsp3) is 0.312. The normalized spacial score (nSPS) is 11.7. The first-order chi connectivity index (χ1) is 9.71. The molecule has 0 aliphatic carbocycles. The summed E-state index contributed by atoms with van der Waals surface area (Å²) in [7, 11) is 3.07. The zero-order valence-corrected chi connectivity index (χ0v) is 12.1. The highest BCUT2D eigenvalue weighted by atomic mass is 16.5. The third-order valence-electron chi connectivity index (χ3n) is 3.36. The van der Waals surface area contributed by atoms with Crippen molar-refractivity contribution in [2.45, 2.75) is 19.9 Å². The van der Waals surface area contributed by atoms with Gasteiger partial charge in [0.25, 0.3) is 0 Å². The standard InChI is InChI=1S/C16H19NO3/c1-4-12(16(18)20-3)8-10-17-11-9-13-14(17)6-5-7-15(13)19-2/h5-9,11H,4,10H2,1-3H3/b12-8-. The summed E-state index contributed by atoms with van der Waals surface area (Å²) in [5.41, 5.74) is 1.78. The molecular formula is C16H19NO3. The maximum atomic E-state index is 11.5. The molecule has 106 valence electrons. The van der Waals surface area contributed by atoms with Crippen LogP contribution < -0.4 is 4.74 Å². The first kappa shape index (κ1) is 14.2. The highest BCUT2D eigenvalue weighted by molar-refractivity contribution is 5.88. The Morgan fingerprint density at radius 1 is 1.30 bits per heavy atom. The van der Waals surface area contributed by atoms with Crippen LogP contribution in [0.25, 0.3) is 10.9 Å². The molecule has 0 saturated carbocycles. The molecule has 0 aliphatic rings. The maximum absolute atomic E-state index is 11.5. The van der Waals surface area contributed by atoms with Crippen LogP contribution in [0.1, 0.15) is 13.3 Å². The number of hydrogen-bond acceptors (Lipinski definition) is 3. The summed E-state index contributed by atoms with van der Waals surface area (Å²) in [6, 6.07) is 7.96. The maximum Gasteiger partial charge on any atom is 0.333 e. The van der Waals surface area contributed by atoms with Gasteiger partial charge < -0.3 is 14.0 Å². The van der Waals surface area contributed by atoms with E-state index in [-0.39, 0.29) is 5.97 Å². The van der Waals surface area contributed by atoms with Gasteiger partial charge in [0.05, 0.1) is 19.7 Å². The Labute approximate surface area is 118 Å². The zero-order valence-electron chi connectivity index (χ0n) is 12.1. The van der Waals surface area contributed by atoms with E-state index >= 15 is 0 Å². The third-order valence-corrected chi connectivity index (χ3v) is 3.36. The van der Waals surface area contributed by atoms with Crippen molar-refractivity contribution in [1.82, 2.24) is 4.57 Å². The number of carbonyl (C=O) groups is 1. The Morgan fingerprint density at radius 3 is 2.75 bits per heavy atom. The molecule has 2 rings (SSSR count). The number of methoxy groups -OCH3 is 2. The van der Waals surface area contributed by atoms with Gasteiger partial charge in [-0.15, -0.1) is 0 Å². The number of allylic oxidation sites excluding steroid dienone is 1. The largest absolute Gasteiger partial charge is 0.496 e. The molecule has 4 heteroatoms. The second-order valence-electron chi connectivity index (χ2n) is 4.44. The predicted octanol–water partition coefficient (Wildman–Crippen LogP) is 3.16. The minimum absolute atomic E-state index is 0.262. The summed E-state index contributed by atoms with van der Waals surface area (Å²) < 4.78 is 12.2.